The largest absolute Gasteiger partial charge is 0.368 e. The molecule has 0 unspecified atom stereocenters. The van der Waals surface area contributed by atoms with Gasteiger partial charge in [-0.3, -0.25) is 9.59 Å². The second-order valence-electron chi connectivity index (χ2n) is 7.37. The Hall–Kier alpha value is -3.26. The maximum absolute atomic E-state index is 12.6. The van der Waals surface area contributed by atoms with Crippen LogP contribution >= 0.6 is 11.6 Å². The minimum Gasteiger partial charge on any atom is -0.368 e. The SMILES string of the molecule is CC(=O)Nc1ccc(NC(=O)[C@H](C)NC(=O)N2CCN(c3ccc(Cl)cc3)CC2)cc1. The van der Waals surface area contributed by atoms with Crippen LogP contribution in [0.5, 0.6) is 0 Å². The van der Waals surface area contributed by atoms with E-state index in [0.717, 1.165) is 5.69 Å². The van der Waals surface area contributed by atoms with Crippen LogP contribution in [0, 0.1) is 0 Å². The second kappa shape index (κ2) is 10.2. The van der Waals surface area contributed by atoms with Crippen LogP contribution in [0.2, 0.25) is 5.02 Å². The Balaban J connectivity index is 1.46. The maximum atomic E-state index is 12.6. The summed E-state index contributed by atoms with van der Waals surface area (Å²) in [5.41, 5.74) is 2.29. The van der Waals surface area contributed by atoms with Gasteiger partial charge in [0.15, 0.2) is 0 Å². The highest BCUT2D eigenvalue weighted by molar-refractivity contribution is 6.30. The average Bonchev–Trinajstić information content (AvgIpc) is 2.75. The van der Waals surface area contributed by atoms with Crippen LogP contribution in [0.1, 0.15) is 13.8 Å². The van der Waals surface area contributed by atoms with E-state index in [-0.39, 0.29) is 17.8 Å². The molecule has 1 aliphatic rings. The predicted molar refractivity (Wildman–Crippen MR) is 123 cm³/mol. The molecule has 1 aliphatic heterocycles. The number of hydrogen-bond acceptors (Lipinski definition) is 4. The minimum absolute atomic E-state index is 0.165. The highest BCUT2D eigenvalue weighted by Gasteiger charge is 2.24. The molecular weight excluding hydrogens is 418 g/mol. The van der Waals surface area contributed by atoms with Crippen molar-refractivity contribution in [3.63, 3.8) is 0 Å². The molecule has 0 radical (unpaired) electrons. The van der Waals surface area contributed by atoms with E-state index < -0.39 is 6.04 Å². The van der Waals surface area contributed by atoms with Crippen molar-refractivity contribution in [1.82, 2.24) is 10.2 Å². The van der Waals surface area contributed by atoms with Crippen molar-refractivity contribution in [2.75, 3.05) is 41.7 Å². The van der Waals surface area contributed by atoms with Crippen molar-refractivity contribution in [2.24, 2.45) is 0 Å². The van der Waals surface area contributed by atoms with Crippen LogP contribution in [-0.2, 0) is 9.59 Å². The van der Waals surface area contributed by atoms with Crippen molar-refractivity contribution in [2.45, 2.75) is 19.9 Å². The van der Waals surface area contributed by atoms with Gasteiger partial charge in [0, 0.05) is 55.2 Å². The summed E-state index contributed by atoms with van der Waals surface area (Å²) in [6.07, 6.45) is 0. The number of carbonyl (C=O) groups is 3. The predicted octanol–water partition coefficient (Wildman–Crippen LogP) is 3.16. The van der Waals surface area contributed by atoms with Crippen molar-refractivity contribution in [3.8, 4) is 0 Å². The van der Waals surface area contributed by atoms with Gasteiger partial charge in [-0.15, -0.1) is 0 Å². The molecule has 3 rings (SSSR count). The first-order valence-corrected chi connectivity index (χ1v) is 10.4. The van der Waals surface area contributed by atoms with Crippen LogP contribution in [0.4, 0.5) is 21.9 Å². The number of piperazine rings is 1. The summed E-state index contributed by atoms with van der Waals surface area (Å²) >= 11 is 5.94. The van der Waals surface area contributed by atoms with Crippen LogP contribution in [-0.4, -0.2) is 55.0 Å². The number of nitrogens with one attached hydrogen (secondary N) is 3. The van der Waals surface area contributed by atoms with Gasteiger partial charge in [-0.2, -0.15) is 0 Å². The third-order valence-electron chi connectivity index (χ3n) is 4.96. The lowest BCUT2D eigenvalue weighted by Crippen LogP contribution is -2.54. The smallest absolute Gasteiger partial charge is 0.318 e. The van der Waals surface area contributed by atoms with E-state index in [0.29, 0.717) is 42.6 Å². The van der Waals surface area contributed by atoms with E-state index in [1.54, 1.807) is 36.1 Å². The zero-order valence-electron chi connectivity index (χ0n) is 17.5. The molecule has 0 saturated carbocycles. The number of urea groups is 1. The lowest BCUT2D eigenvalue weighted by molar-refractivity contribution is -0.117. The van der Waals surface area contributed by atoms with Crippen molar-refractivity contribution in [3.05, 3.63) is 53.6 Å². The van der Waals surface area contributed by atoms with Gasteiger partial charge in [-0.05, 0) is 55.5 Å². The lowest BCUT2D eigenvalue weighted by Gasteiger charge is -2.36. The molecule has 0 spiro atoms. The molecule has 1 saturated heterocycles. The van der Waals surface area contributed by atoms with Crippen LogP contribution < -0.4 is 20.9 Å². The number of carbonyl (C=O) groups excluding carboxylic acids is 3. The molecule has 2 aromatic rings. The Bertz CT molecular complexity index is 925. The summed E-state index contributed by atoms with van der Waals surface area (Å²) in [7, 11) is 0. The van der Waals surface area contributed by atoms with E-state index >= 15 is 0 Å². The summed E-state index contributed by atoms with van der Waals surface area (Å²) in [4.78, 5) is 40.0. The fraction of sp³-hybridized carbons (Fsp3) is 0.318. The molecule has 8 nitrogen and oxygen atoms in total. The first-order chi connectivity index (χ1) is 14.8. The highest BCUT2D eigenvalue weighted by atomic mass is 35.5. The molecular formula is C22H26ClN5O3. The Morgan fingerprint density at radius 1 is 0.871 bits per heavy atom. The van der Waals surface area contributed by atoms with Crippen molar-refractivity contribution >= 4 is 46.5 Å². The van der Waals surface area contributed by atoms with Crippen LogP contribution in [0.15, 0.2) is 48.5 Å². The first kappa shape index (κ1) is 22.4. The minimum atomic E-state index is -0.697. The number of anilines is 3. The molecule has 0 aromatic heterocycles. The molecule has 4 amide bonds. The number of amides is 4. The van der Waals surface area contributed by atoms with E-state index in [4.69, 9.17) is 11.6 Å². The quantitative estimate of drug-likeness (QED) is 0.661. The fourth-order valence-electron chi connectivity index (χ4n) is 3.25. The zero-order chi connectivity index (χ0) is 22.4. The summed E-state index contributed by atoms with van der Waals surface area (Å²) in [5, 5.41) is 8.87. The molecule has 1 fully saturated rings. The number of benzene rings is 2. The number of nitrogens with zero attached hydrogens (tertiary/aromatic N) is 2. The molecule has 3 N–H and O–H groups in total. The number of rotatable bonds is 5. The third-order valence-corrected chi connectivity index (χ3v) is 5.22. The monoisotopic (exact) mass is 443 g/mol. The topological polar surface area (TPSA) is 93.8 Å². The van der Waals surface area contributed by atoms with Gasteiger partial charge in [-0.1, -0.05) is 11.6 Å². The summed E-state index contributed by atoms with van der Waals surface area (Å²) in [6.45, 7) is 5.60. The van der Waals surface area contributed by atoms with E-state index in [9.17, 15) is 14.4 Å². The van der Waals surface area contributed by atoms with Gasteiger partial charge in [0.2, 0.25) is 11.8 Å². The molecule has 9 heteroatoms. The van der Waals surface area contributed by atoms with Gasteiger partial charge in [0.05, 0.1) is 0 Å². The molecule has 0 aliphatic carbocycles. The van der Waals surface area contributed by atoms with E-state index in [1.807, 2.05) is 24.3 Å². The summed E-state index contributed by atoms with van der Waals surface area (Å²) < 4.78 is 0. The van der Waals surface area contributed by atoms with E-state index in [2.05, 4.69) is 20.9 Å². The van der Waals surface area contributed by atoms with Gasteiger partial charge in [0.1, 0.15) is 6.04 Å². The van der Waals surface area contributed by atoms with Gasteiger partial charge in [0.25, 0.3) is 0 Å². The third kappa shape index (κ3) is 6.36. The van der Waals surface area contributed by atoms with Crippen molar-refractivity contribution < 1.29 is 14.4 Å². The summed E-state index contributed by atoms with van der Waals surface area (Å²) in [6, 6.07) is 13.4. The average molecular weight is 444 g/mol. The van der Waals surface area contributed by atoms with Gasteiger partial charge < -0.3 is 25.8 Å². The summed E-state index contributed by atoms with van der Waals surface area (Å²) in [5.74, 6) is -0.484. The zero-order valence-corrected chi connectivity index (χ0v) is 18.3. The molecule has 1 heterocycles. The Labute approximate surface area is 186 Å². The Morgan fingerprint density at radius 2 is 1.42 bits per heavy atom. The van der Waals surface area contributed by atoms with E-state index in [1.165, 1.54) is 6.92 Å². The van der Waals surface area contributed by atoms with Gasteiger partial charge >= 0.3 is 6.03 Å². The Kier molecular flexibility index (Phi) is 7.36. The molecule has 164 valence electrons. The first-order valence-electron chi connectivity index (χ1n) is 10.1. The molecule has 0 bridgehead atoms. The normalized spacial score (nSPS) is 14.5. The maximum Gasteiger partial charge on any atom is 0.318 e. The molecule has 2 aromatic carbocycles. The van der Waals surface area contributed by atoms with Crippen LogP contribution in [0.3, 0.4) is 0 Å². The molecule has 1 atom stereocenters. The lowest BCUT2D eigenvalue weighted by atomic mass is 10.2. The van der Waals surface area contributed by atoms with Gasteiger partial charge in [-0.25, -0.2) is 4.79 Å². The molecule has 31 heavy (non-hydrogen) atoms. The second-order valence-corrected chi connectivity index (χ2v) is 7.81. The Morgan fingerprint density at radius 3 is 1.97 bits per heavy atom. The number of halogens is 1. The fourth-order valence-corrected chi connectivity index (χ4v) is 3.38. The number of hydrogen-bond donors (Lipinski definition) is 3. The van der Waals surface area contributed by atoms with Crippen molar-refractivity contribution in [1.29, 1.82) is 0 Å². The highest BCUT2D eigenvalue weighted by Crippen LogP contribution is 2.19. The standard InChI is InChI=1S/C22H26ClN5O3/c1-15(21(30)26-19-7-5-18(6-8-19)25-16(2)29)24-22(31)28-13-11-27(12-14-28)20-9-3-17(23)4-10-20/h3-10,15H,11-14H2,1-2H3,(H,24,31)(H,25,29)(H,26,30)/t15-/m0/s1. The van der Waals surface area contributed by atoms with Crippen LogP contribution in [0.25, 0.3) is 0 Å².